The van der Waals surface area contributed by atoms with Gasteiger partial charge in [0.15, 0.2) is 0 Å². The lowest BCUT2D eigenvalue weighted by Crippen LogP contribution is -1.90. The Bertz CT molecular complexity index is 966. The zero-order valence-electron chi connectivity index (χ0n) is 12.1. The number of nitrogens with zero attached hydrogens (tertiary/aromatic N) is 1. The Morgan fingerprint density at radius 3 is 2.48 bits per heavy atom. The van der Waals surface area contributed by atoms with E-state index < -0.39 is 0 Å². The van der Waals surface area contributed by atoms with Gasteiger partial charge in [-0.05, 0) is 31.5 Å². The van der Waals surface area contributed by atoms with Crippen LogP contribution in [-0.2, 0) is 0 Å². The Morgan fingerprint density at radius 1 is 0.810 bits per heavy atom. The van der Waals surface area contributed by atoms with E-state index in [4.69, 9.17) is 4.98 Å². The predicted molar refractivity (Wildman–Crippen MR) is 92.0 cm³/mol. The summed E-state index contributed by atoms with van der Waals surface area (Å²) in [5, 5.41) is 2.66. The van der Waals surface area contributed by atoms with Gasteiger partial charge in [0, 0.05) is 31.4 Å². The van der Waals surface area contributed by atoms with Gasteiger partial charge in [-0.3, -0.25) is 4.98 Å². The van der Waals surface area contributed by atoms with Gasteiger partial charge in [-0.25, -0.2) is 0 Å². The highest BCUT2D eigenvalue weighted by molar-refractivity contribution is 7.26. The van der Waals surface area contributed by atoms with Crippen LogP contribution in [0.1, 0.15) is 11.3 Å². The Hall–Kier alpha value is -2.19. The van der Waals surface area contributed by atoms with Crippen molar-refractivity contribution in [2.45, 2.75) is 13.8 Å². The van der Waals surface area contributed by atoms with E-state index in [2.05, 4.69) is 68.4 Å². The molecule has 0 aliphatic rings. The maximum Gasteiger partial charge on any atom is 0.0719 e. The van der Waals surface area contributed by atoms with Crippen molar-refractivity contribution in [2.75, 3.05) is 0 Å². The highest BCUT2D eigenvalue weighted by Gasteiger charge is 2.11. The Kier molecular flexibility index (Phi) is 2.79. The Morgan fingerprint density at radius 2 is 1.62 bits per heavy atom. The fourth-order valence-corrected chi connectivity index (χ4v) is 3.95. The highest BCUT2D eigenvalue weighted by Crippen LogP contribution is 2.39. The number of aryl methyl sites for hydroxylation is 2. The molecule has 1 nitrogen and oxygen atoms in total. The first-order valence-electron chi connectivity index (χ1n) is 7.09. The smallest absolute Gasteiger partial charge is 0.0719 e. The van der Waals surface area contributed by atoms with Gasteiger partial charge in [-0.1, -0.05) is 42.5 Å². The molecule has 0 atom stereocenters. The van der Waals surface area contributed by atoms with Gasteiger partial charge >= 0.3 is 0 Å². The number of hydrogen-bond donors (Lipinski definition) is 0. The van der Waals surface area contributed by atoms with Crippen molar-refractivity contribution >= 4 is 31.5 Å². The molecule has 0 saturated carbocycles. The molecule has 2 heterocycles. The van der Waals surface area contributed by atoms with Crippen molar-refractivity contribution in [1.29, 1.82) is 0 Å². The van der Waals surface area contributed by atoms with Gasteiger partial charge < -0.3 is 0 Å². The lowest BCUT2D eigenvalue weighted by atomic mass is 10.1. The summed E-state index contributed by atoms with van der Waals surface area (Å²) in [6.45, 7) is 4.18. The minimum absolute atomic E-state index is 1.07. The van der Waals surface area contributed by atoms with E-state index in [1.54, 1.807) is 0 Å². The maximum absolute atomic E-state index is 4.77. The van der Waals surface area contributed by atoms with Crippen LogP contribution in [0.15, 0.2) is 54.6 Å². The number of pyridine rings is 1. The third kappa shape index (κ3) is 1.95. The van der Waals surface area contributed by atoms with Gasteiger partial charge in [0.2, 0.25) is 0 Å². The number of thiophene rings is 1. The molecular weight excluding hydrogens is 274 g/mol. The van der Waals surface area contributed by atoms with Crippen LogP contribution >= 0.6 is 11.3 Å². The second kappa shape index (κ2) is 4.68. The first-order valence-corrected chi connectivity index (χ1v) is 7.90. The van der Waals surface area contributed by atoms with Crippen LogP contribution in [0.25, 0.3) is 31.4 Å². The van der Waals surface area contributed by atoms with Crippen LogP contribution in [-0.4, -0.2) is 4.98 Å². The first-order chi connectivity index (χ1) is 10.2. The number of rotatable bonds is 1. The molecular formula is C19H15NS. The number of benzene rings is 2. The zero-order chi connectivity index (χ0) is 14.4. The molecule has 0 spiro atoms. The minimum Gasteiger partial charge on any atom is -0.253 e. The molecule has 4 rings (SSSR count). The topological polar surface area (TPSA) is 12.9 Å². The quantitative estimate of drug-likeness (QED) is 0.436. The Labute approximate surface area is 127 Å². The lowest BCUT2D eigenvalue weighted by Gasteiger charge is -2.05. The summed E-state index contributed by atoms with van der Waals surface area (Å²) < 4.78 is 2.67. The summed E-state index contributed by atoms with van der Waals surface area (Å²) >= 11 is 1.85. The van der Waals surface area contributed by atoms with E-state index in [0.717, 1.165) is 11.4 Å². The van der Waals surface area contributed by atoms with Crippen LogP contribution in [0, 0.1) is 13.8 Å². The maximum atomic E-state index is 4.77. The van der Waals surface area contributed by atoms with Crippen molar-refractivity contribution in [3.63, 3.8) is 0 Å². The van der Waals surface area contributed by atoms with Crippen molar-refractivity contribution in [3.8, 4) is 11.3 Å². The summed E-state index contributed by atoms with van der Waals surface area (Å²) in [4.78, 5) is 4.77. The number of hydrogen-bond acceptors (Lipinski definition) is 2. The second-order valence-electron chi connectivity index (χ2n) is 5.38. The third-order valence-corrected chi connectivity index (χ3v) is 5.25. The van der Waals surface area contributed by atoms with Crippen LogP contribution in [0.4, 0.5) is 0 Å². The standard InChI is InChI=1S/C19H15NS/c1-12-10-11-17(20-13(12)2)16-8-5-7-15-14-6-3-4-9-18(14)21-19(15)16/h3-11H,1-2H3. The average molecular weight is 289 g/mol. The molecule has 0 aliphatic carbocycles. The third-order valence-electron chi connectivity index (χ3n) is 4.03. The molecule has 0 saturated heterocycles. The van der Waals surface area contributed by atoms with Crippen LogP contribution in [0.5, 0.6) is 0 Å². The molecule has 4 aromatic rings. The van der Waals surface area contributed by atoms with Gasteiger partial charge in [0.25, 0.3) is 0 Å². The monoisotopic (exact) mass is 289 g/mol. The molecule has 0 radical (unpaired) electrons. The summed E-state index contributed by atoms with van der Waals surface area (Å²) in [5.41, 5.74) is 4.64. The van der Waals surface area contributed by atoms with E-state index in [-0.39, 0.29) is 0 Å². The number of aromatic nitrogens is 1. The average Bonchev–Trinajstić information content (AvgIpc) is 2.89. The highest BCUT2D eigenvalue weighted by atomic mass is 32.1. The molecule has 0 aliphatic heterocycles. The normalized spacial score (nSPS) is 11.3. The van der Waals surface area contributed by atoms with Crippen molar-refractivity contribution in [1.82, 2.24) is 4.98 Å². The first kappa shape index (κ1) is 12.5. The molecule has 102 valence electrons. The molecule has 0 N–H and O–H groups in total. The molecule has 2 heteroatoms. The van der Waals surface area contributed by atoms with Gasteiger partial charge in [0.05, 0.1) is 5.69 Å². The van der Waals surface area contributed by atoms with E-state index in [1.807, 2.05) is 11.3 Å². The molecule has 2 aromatic heterocycles. The lowest BCUT2D eigenvalue weighted by molar-refractivity contribution is 1.16. The predicted octanol–water partition coefficient (Wildman–Crippen LogP) is 5.73. The fourth-order valence-electron chi connectivity index (χ4n) is 2.73. The number of fused-ring (bicyclic) bond motifs is 3. The summed E-state index contributed by atoms with van der Waals surface area (Å²) in [6, 6.07) is 19.4. The van der Waals surface area contributed by atoms with E-state index in [9.17, 15) is 0 Å². The van der Waals surface area contributed by atoms with Crippen molar-refractivity contribution < 1.29 is 0 Å². The van der Waals surface area contributed by atoms with Crippen molar-refractivity contribution in [3.05, 3.63) is 65.9 Å². The van der Waals surface area contributed by atoms with Gasteiger partial charge in [-0.2, -0.15) is 0 Å². The Balaban J connectivity index is 2.06. The van der Waals surface area contributed by atoms with E-state index in [0.29, 0.717) is 0 Å². The molecule has 2 aromatic carbocycles. The molecule has 0 amide bonds. The van der Waals surface area contributed by atoms with Crippen molar-refractivity contribution in [2.24, 2.45) is 0 Å². The second-order valence-corrected chi connectivity index (χ2v) is 6.43. The van der Waals surface area contributed by atoms with E-state index >= 15 is 0 Å². The molecule has 21 heavy (non-hydrogen) atoms. The SMILES string of the molecule is Cc1ccc(-c2cccc3c2sc2ccccc23)nc1C. The van der Waals surface area contributed by atoms with Gasteiger partial charge in [0.1, 0.15) is 0 Å². The summed E-state index contributed by atoms with van der Waals surface area (Å²) in [5.74, 6) is 0. The molecule has 0 fully saturated rings. The van der Waals surface area contributed by atoms with Crippen LogP contribution < -0.4 is 0 Å². The summed E-state index contributed by atoms with van der Waals surface area (Å²) in [7, 11) is 0. The fraction of sp³-hybridized carbons (Fsp3) is 0.105. The van der Waals surface area contributed by atoms with Crippen LogP contribution in [0.3, 0.4) is 0 Å². The largest absolute Gasteiger partial charge is 0.253 e. The molecule has 0 unspecified atom stereocenters. The van der Waals surface area contributed by atoms with Gasteiger partial charge in [-0.15, -0.1) is 11.3 Å². The molecule has 0 bridgehead atoms. The van der Waals surface area contributed by atoms with Crippen LogP contribution in [0.2, 0.25) is 0 Å². The minimum atomic E-state index is 1.07. The summed E-state index contributed by atoms with van der Waals surface area (Å²) in [6.07, 6.45) is 0. The van der Waals surface area contributed by atoms with E-state index in [1.165, 1.54) is 31.3 Å². The zero-order valence-corrected chi connectivity index (χ0v) is 12.9.